The predicted molar refractivity (Wildman–Crippen MR) is 142 cm³/mol. The lowest BCUT2D eigenvalue weighted by Crippen LogP contribution is -2.58. The number of nitrogens with zero attached hydrogens (tertiary/aromatic N) is 1. The normalized spacial score (nSPS) is 17.5. The van der Waals surface area contributed by atoms with Crippen LogP contribution in [0.25, 0.3) is 10.9 Å². The molecule has 1 fully saturated rings. The number of fused-ring (bicyclic) bond motifs is 3. The number of aromatic nitrogens is 1. The number of hydrogen-bond donors (Lipinski definition) is 3. The topological polar surface area (TPSA) is 91.2 Å². The summed E-state index contributed by atoms with van der Waals surface area (Å²) in [5, 5.41) is 3.60. The number of likely N-dealkylation sites (tertiary alicyclic amines) is 1. The summed E-state index contributed by atoms with van der Waals surface area (Å²) < 4.78 is 13.9. The summed E-state index contributed by atoms with van der Waals surface area (Å²) in [5.74, 6) is -0.846. The summed E-state index contributed by atoms with van der Waals surface area (Å²) in [7, 11) is 0. The van der Waals surface area contributed by atoms with Crippen molar-refractivity contribution in [2.75, 3.05) is 13.1 Å². The number of halogens is 2. The van der Waals surface area contributed by atoms with Crippen LogP contribution in [0, 0.1) is 5.82 Å². The third-order valence-electron chi connectivity index (χ3n) is 7.84. The van der Waals surface area contributed by atoms with Gasteiger partial charge in [0, 0.05) is 36.6 Å². The maximum Gasteiger partial charge on any atom is 0.245 e. The monoisotopic (exact) mass is 512 g/mol. The molecule has 8 heteroatoms. The fraction of sp³-hybridized carbons (Fsp3) is 0.429. The molecule has 4 N–H and O–H groups in total. The smallest absolute Gasteiger partial charge is 0.245 e. The minimum absolute atomic E-state index is 0. The highest BCUT2D eigenvalue weighted by Gasteiger charge is 2.42. The van der Waals surface area contributed by atoms with Crippen molar-refractivity contribution >= 4 is 35.1 Å². The summed E-state index contributed by atoms with van der Waals surface area (Å²) in [4.78, 5) is 31.5. The van der Waals surface area contributed by atoms with E-state index in [9.17, 15) is 14.0 Å². The Morgan fingerprint density at radius 1 is 1.17 bits per heavy atom. The van der Waals surface area contributed by atoms with Crippen LogP contribution in [0.15, 0.2) is 48.7 Å². The fourth-order valence-electron chi connectivity index (χ4n) is 5.74. The molecule has 5 rings (SSSR count). The number of nitrogens with one attached hydrogen (secondary N) is 2. The number of aromatic amines is 1. The molecule has 1 aromatic heterocycles. The number of amides is 2. The Bertz CT molecular complexity index is 1270. The minimum Gasteiger partial charge on any atom is -0.361 e. The van der Waals surface area contributed by atoms with E-state index < -0.39 is 11.6 Å². The van der Waals surface area contributed by atoms with Crippen LogP contribution in [0.5, 0.6) is 0 Å². The van der Waals surface area contributed by atoms with E-state index in [1.54, 1.807) is 26.1 Å². The Morgan fingerprint density at radius 3 is 2.61 bits per heavy atom. The molecule has 3 aromatic rings. The average Bonchev–Trinajstić information content (AvgIpc) is 3.39. The molecule has 6 nitrogen and oxygen atoms in total. The van der Waals surface area contributed by atoms with Crippen molar-refractivity contribution in [3.63, 3.8) is 0 Å². The molecule has 2 aliphatic rings. The molecular weight excluding hydrogens is 479 g/mol. The average molecular weight is 513 g/mol. The molecule has 0 radical (unpaired) electrons. The maximum atomic E-state index is 13.9. The Balaban J connectivity index is 0.00000304. The summed E-state index contributed by atoms with van der Waals surface area (Å²) in [6.45, 7) is 4.53. The van der Waals surface area contributed by atoms with Gasteiger partial charge in [0.1, 0.15) is 11.9 Å². The van der Waals surface area contributed by atoms with Crippen molar-refractivity contribution in [1.82, 2.24) is 15.2 Å². The van der Waals surface area contributed by atoms with Crippen LogP contribution in [-0.2, 0) is 27.8 Å². The van der Waals surface area contributed by atoms with E-state index in [1.165, 1.54) is 23.3 Å². The molecule has 2 heterocycles. The van der Waals surface area contributed by atoms with E-state index in [-0.39, 0.29) is 41.9 Å². The minimum atomic E-state index is -1.12. The largest absolute Gasteiger partial charge is 0.361 e. The highest BCUT2D eigenvalue weighted by Crippen LogP contribution is 2.46. The SMILES string of the molecule is CC(C)(N)C(=O)NC(Cc1c[nH]c2ccc(F)cc12)C(=O)N1CCC2(CCc3ccccc32)CC1.Cl. The molecule has 1 aliphatic carbocycles. The molecule has 2 amide bonds. The quantitative estimate of drug-likeness (QED) is 0.482. The molecule has 2 aromatic carbocycles. The number of benzene rings is 2. The first-order chi connectivity index (χ1) is 16.7. The summed E-state index contributed by atoms with van der Waals surface area (Å²) in [6, 6.07) is 12.4. The summed E-state index contributed by atoms with van der Waals surface area (Å²) >= 11 is 0. The summed E-state index contributed by atoms with van der Waals surface area (Å²) in [5.41, 5.74) is 9.47. The second-order valence-corrected chi connectivity index (χ2v) is 10.7. The third kappa shape index (κ3) is 4.87. The van der Waals surface area contributed by atoms with Gasteiger partial charge in [-0.3, -0.25) is 9.59 Å². The van der Waals surface area contributed by atoms with Crippen LogP contribution in [0.1, 0.15) is 49.8 Å². The molecule has 1 aliphatic heterocycles. The van der Waals surface area contributed by atoms with Gasteiger partial charge in [-0.2, -0.15) is 0 Å². The Labute approximate surface area is 217 Å². The number of carbonyl (C=O) groups is 2. The highest BCUT2D eigenvalue weighted by atomic mass is 35.5. The van der Waals surface area contributed by atoms with Gasteiger partial charge in [-0.1, -0.05) is 24.3 Å². The molecular formula is C28H34ClFN4O2. The lowest BCUT2D eigenvalue weighted by molar-refractivity contribution is -0.138. The van der Waals surface area contributed by atoms with Gasteiger partial charge in [0.05, 0.1) is 5.54 Å². The number of carbonyl (C=O) groups excluding carboxylic acids is 2. The number of H-pyrrole nitrogens is 1. The molecule has 1 spiro atoms. The second kappa shape index (κ2) is 9.87. The molecule has 36 heavy (non-hydrogen) atoms. The second-order valence-electron chi connectivity index (χ2n) is 10.7. The van der Waals surface area contributed by atoms with E-state index in [0.717, 1.165) is 36.8 Å². The van der Waals surface area contributed by atoms with Crippen molar-refractivity contribution in [1.29, 1.82) is 0 Å². The first kappa shape index (κ1) is 26.2. The van der Waals surface area contributed by atoms with Crippen LogP contribution >= 0.6 is 12.4 Å². The van der Waals surface area contributed by atoms with E-state index in [2.05, 4.69) is 34.6 Å². The van der Waals surface area contributed by atoms with Crippen LogP contribution < -0.4 is 11.1 Å². The van der Waals surface area contributed by atoms with E-state index >= 15 is 0 Å². The van der Waals surface area contributed by atoms with Crippen molar-refractivity contribution in [3.05, 3.63) is 71.2 Å². The highest BCUT2D eigenvalue weighted by molar-refractivity contribution is 5.92. The third-order valence-corrected chi connectivity index (χ3v) is 7.84. The zero-order valence-electron chi connectivity index (χ0n) is 20.8. The van der Waals surface area contributed by atoms with Gasteiger partial charge in [0.15, 0.2) is 0 Å². The number of piperidine rings is 1. The van der Waals surface area contributed by atoms with Gasteiger partial charge in [-0.15, -0.1) is 12.4 Å². The first-order valence-corrected chi connectivity index (χ1v) is 12.4. The zero-order valence-corrected chi connectivity index (χ0v) is 21.6. The van der Waals surface area contributed by atoms with Crippen molar-refractivity contribution in [3.8, 4) is 0 Å². The van der Waals surface area contributed by atoms with E-state index in [0.29, 0.717) is 18.5 Å². The zero-order chi connectivity index (χ0) is 24.8. The van der Waals surface area contributed by atoms with Crippen molar-refractivity contribution < 1.29 is 14.0 Å². The van der Waals surface area contributed by atoms with Crippen molar-refractivity contribution in [2.24, 2.45) is 5.73 Å². The van der Waals surface area contributed by atoms with Gasteiger partial charge in [0.25, 0.3) is 0 Å². The number of hydrogen-bond acceptors (Lipinski definition) is 3. The molecule has 0 bridgehead atoms. The van der Waals surface area contributed by atoms with Crippen LogP contribution in [0.3, 0.4) is 0 Å². The summed E-state index contributed by atoms with van der Waals surface area (Å²) in [6.07, 6.45) is 6.08. The van der Waals surface area contributed by atoms with Crippen LogP contribution in [0.2, 0.25) is 0 Å². The van der Waals surface area contributed by atoms with Gasteiger partial charge in [0.2, 0.25) is 11.8 Å². The molecule has 0 saturated carbocycles. The van der Waals surface area contributed by atoms with E-state index in [4.69, 9.17) is 5.73 Å². The molecule has 1 unspecified atom stereocenters. The fourth-order valence-corrected chi connectivity index (χ4v) is 5.74. The van der Waals surface area contributed by atoms with Crippen LogP contribution in [-0.4, -0.2) is 46.4 Å². The number of nitrogens with two attached hydrogens (primary N) is 1. The van der Waals surface area contributed by atoms with Crippen LogP contribution in [0.4, 0.5) is 4.39 Å². The maximum absolute atomic E-state index is 13.9. The number of rotatable bonds is 5. The molecule has 1 atom stereocenters. The Morgan fingerprint density at radius 2 is 1.89 bits per heavy atom. The van der Waals surface area contributed by atoms with Gasteiger partial charge in [-0.05, 0) is 79.8 Å². The molecule has 1 saturated heterocycles. The standard InChI is InChI=1S/C28H33FN4O2.ClH/c1-27(2,30)26(35)32-24(15-19-17-31-23-8-7-20(29)16-21(19)23)25(34)33-13-11-28(12-14-33)10-9-18-5-3-4-6-22(18)28;/h3-8,16-17,24,31H,9-15,30H2,1-2H3,(H,32,35);1H. The Hall–Kier alpha value is -2.90. The Kier molecular flexibility index (Phi) is 7.17. The molecule has 192 valence electrons. The first-order valence-electron chi connectivity index (χ1n) is 12.4. The lowest BCUT2D eigenvalue weighted by Gasteiger charge is -2.41. The lowest BCUT2D eigenvalue weighted by atomic mass is 9.73. The van der Waals surface area contributed by atoms with E-state index in [1.807, 2.05) is 4.90 Å². The number of aryl methyl sites for hydroxylation is 1. The van der Waals surface area contributed by atoms with Gasteiger partial charge < -0.3 is 20.9 Å². The van der Waals surface area contributed by atoms with Gasteiger partial charge >= 0.3 is 0 Å². The van der Waals surface area contributed by atoms with Gasteiger partial charge in [-0.25, -0.2) is 4.39 Å². The van der Waals surface area contributed by atoms with Crippen molar-refractivity contribution in [2.45, 2.75) is 62.9 Å². The predicted octanol–water partition coefficient (Wildman–Crippen LogP) is 4.00.